The van der Waals surface area contributed by atoms with Gasteiger partial charge in [-0.25, -0.2) is 0 Å². The van der Waals surface area contributed by atoms with E-state index in [4.69, 9.17) is 4.42 Å². The topological polar surface area (TPSA) is 16.4 Å². The zero-order valence-corrected chi connectivity index (χ0v) is 33.9. The van der Waals surface area contributed by atoms with Gasteiger partial charge in [0.05, 0.1) is 16.8 Å². The second kappa shape index (κ2) is 14.8. The van der Waals surface area contributed by atoms with Crippen molar-refractivity contribution >= 4 is 71.3 Å². The summed E-state index contributed by atoms with van der Waals surface area (Å²) in [4.78, 5) is 2.44. The van der Waals surface area contributed by atoms with Gasteiger partial charge < -0.3 is 9.32 Å². The molecule has 0 saturated carbocycles. The van der Waals surface area contributed by atoms with Gasteiger partial charge in [0.1, 0.15) is 11.2 Å². The van der Waals surface area contributed by atoms with E-state index in [-0.39, 0.29) is 0 Å². The number of furan rings is 1. The molecule has 0 aliphatic heterocycles. The van der Waals surface area contributed by atoms with Crippen LogP contribution in [0, 0.1) is 0 Å². The summed E-state index contributed by atoms with van der Waals surface area (Å²) >= 11 is 0. The molecule has 290 valence electrons. The molecule has 0 saturated heterocycles. The number of hydrogen-bond donors (Lipinski definition) is 0. The first-order valence-electron chi connectivity index (χ1n) is 21.3. The van der Waals surface area contributed by atoms with E-state index in [9.17, 15) is 0 Å². The van der Waals surface area contributed by atoms with Crippen molar-refractivity contribution in [2.24, 2.45) is 0 Å². The molecule has 0 fully saturated rings. The quantitative estimate of drug-likeness (QED) is 0.150. The number of nitrogens with zero attached hydrogens (tertiary/aromatic N) is 1. The third-order valence-electron chi connectivity index (χ3n) is 12.5. The Hall–Kier alpha value is -8.20. The summed E-state index contributed by atoms with van der Waals surface area (Å²) in [5, 5.41) is 9.49. The normalized spacial score (nSPS) is 11.5. The van der Waals surface area contributed by atoms with Gasteiger partial charge in [0.25, 0.3) is 0 Å². The fourth-order valence-electron chi connectivity index (χ4n) is 9.55. The highest BCUT2D eigenvalue weighted by Gasteiger charge is 2.25. The highest BCUT2D eigenvalue weighted by molar-refractivity contribution is 6.21. The first-order chi connectivity index (χ1) is 30.8. The summed E-state index contributed by atoms with van der Waals surface area (Å²) in [6.07, 6.45) is 0. The predicted octanol–water partition coefficient (Wildman–Crippen LogP) is 17.2. The highest BCUT2D eigenvalue weighted by atomic mass is 16.3. The van der Waals surface area contributed by atoms with Gasteiger partial charge in [-0.05, 0) is 114 Å². The summed E-state index contributed by atoms with van der Waals surface area (Å²) < 4.78 is 7.04. The Labute approximate surface area is 360 Å². The Morgan fingerprint density at radius 1 is 0.290 bits per heavy atom. The van der Waals surface area contributed by atoms with E-state index in [1.807, 2.05) is 0 Å². The van der Waals surface area contributed by atoms with Crippen LogP contribution in [0.5, 0.6) is 0 Å². The van der Waals surface area contributed by atoms with Crippen molar-refractivity contribution in [2.45, 2.75) is 0 Å². The monoisotopic (exact) mass is 789 g/mol. The van der Waals surface area contributed by atoms with Crippen molar-refractivity contribution in [1.82, 2.24) is 0 Å². The van der Waals surface area contributed by atoms with Crippen LogP contribution in [0.2, 0.25) is 0 Å². The second-order valence-corrected chi connectivity index (χ2v) is 16.0. The average molecular weight is 790 g/mol. The third kappa shape index (κ3) is 5.96. The van der Waals surface area contributed by atoms with Gasteiger partial charge in [-0.3, -0.25) is 0 Å². The van der Waals surface area contributed by atoms with Crippen LogP contribution in [-0.2, 0) is 0 Å². The Kier molecular flexibility index (Phi) is 8.53. The zero-order chi connectivity index (χ0) is 41.0. The van der Waals surface area contributed by atoms with E-state index in [1.165, 1.54) is 60.1 Å². The van der Waals surface area contributed by atoms with Gasteiger partial charge >= 0.3 is 0 Å². The maximum absolute atomic E-state index is 7.04. The van der Waals surface area contributed by atoms with Gasteiger partial charge in [-0.1, -0.05) is 188 Å². The summed E-state index contributed by atoms with van der Waals surface area (Å²) in [7, 11) is 0. The van der Waals surface area contributed by atoms with Crippen LogP contribution in [0.4, 0.5) is 17.1 Å². The minimum atomic E-state index is 0.857. The Morgan fingerprint density at radius 2 is 0.903 bits per heavy atom. The van der Waals surface area contributed by atoms with Crippen LogP contribution in [0.15, 0.2) is 241 Å². The molecule has 2 nitrogen and oxygen atoms in total. The van der Waals surface area contributed by atoms with Crippen LogP contribution < -0.4 is 4.90 Å². The molecule has 0 aliphatic carbocycles. The molecule has 0 aliphatic rings. The third-order valence-corrected chi connectivity index (χ3v) is 12.5. The number of para-hydroxylation sites is 2. The molecular weight excluding hydrogens is 751 g/mol. The summed E-state index contributed by atoms with van der Waals surface area (Å²) in [5.41, 5.74) is 14.1. The molecule has 0 N–H and O–H groups in total. The fraction of sp³-hybridized carbons (Fsp3) is 0. The molecule has 2 heteroatoms. The van der Waals surface area contributed by atoms with E-state index in [0.29, 0.717) is 0 Å². The van der Waals surface area contributed by atoms with Crippen LogP contribution in [0.1, 0.15) is 0 Å². The molecule has 0 bridgehead atoms. The van der Waals surface area contributed by atoms with Crippen molar-refractivity contribution in [3.63, 3.8) is 0 Å². The Bertz CT molecular complexity index is 3640. The van der Waals surface area contributed by atoms with Crippen LogP contribution in [-0.4, -0.2) is 0 Å². The summed E-state index contributed by atoms with van der Waals surface area (Å²) in [6, 6.07) is 85.4. The fourth-order valence-corrected chi connectivity index (χ4v) is 9.55. The smallest absolute Gasteiger partial charge is 0.145 e. The van der Waals surface area contributed by atoms with E-state index in [1.54, 1.807) is 0 Å². The van der Waals surface area contributed by atoms with Gasteiger partial charge in [-0.15, -0.1) is 0 Å². The molecule has 62 heavy (non-hydrogen) atoms. The predicted molar refractivity (Wildman–Crippen MR) is 263 cm³/mol. The molecule has 11 aromatic carbocycles. The van der Waals surface area contributed by atoms with Crippen LogP contribution in [0.3, 0.4) is 0 Å². The lowest BCUT2D eigenvalue weighted by Crippen LogP contribution is -2.12. The second-order valence-electron chi connectivity index (χ2n) is 16.0. The minimum Gasteiger partial charge on any atom is -0.455 e. The van der Waals surface area contributed by atoms with Crippen molar-refractivity contribution in [2.75, 3.05) is 4.90 Å². The first-order valence-corrected chi connectivity index (χ1v) is 21.3. The zero-order valence-electron chi connectivity index (χ0n) is 33.9. The first kappa shape index (κ1) is 35.7. The molecule has 12 rings (SSSR count). The maximum Gasteiger partial charge on any atom is 0.145 e. The molecule has 0 atom stereocenters. The highest BCUT2D eigenvalue weighted by Crippen LogP contribution is 2.50. The number of fused-ring (bicyclic) bond motifs is 7. The SMILES string of the molecule is c1ccc(-c2ccccc2-c2ccccc2N(c2ccc(-c3ccc4ccccc4c3)cc2)c2ccc(-c3cc4ccccc4c4ccccc34)c3oc4ccccc4c23)cc1. The van der Waals surface area contributed by atoms with Crippen LogP contribution in [0.25, 0.3) is 98.8 Å². The van der Waals surface area contributed by atoms with E-state index < -0.39 is 0 Å². The van der Waals surface area contributed by atoms with Crippen LogP contribution >= 0.6 is 0 Å². The molecule has 1 aromatic heterocycles. The maximum atomic E-state index is 7.04. The number of hydrogen-bond acceptors (Lipinski definition) is 2. The molecule has 0 spiro atoms. The molecule has 12 aromatic rings. The molecule has 1 heterocycles. The largest absolute Gasteiger partial charge is 0.455 e. The number of benzene rings is 11. The molecule has 0 unspecified atom stereocenters. The molecular formula is C60H39NO. The van der Waals surface area contributed by atoms with Gasteiger partial charge in [-0.2, -0.15) is 0 Å². The van der Waals surface area contributed by atoms with Gasteiger partial charge in [0.2, 0.25) is 0 Å². The lowest BCUT2D eigenvalue weighted by atomic mass is 9.91. The van der Waals surface area contributed by atoms with E-state index in [0.717, 1.165) is 55.7 Å². The van der Waals surface area contributed by atoms with Gasteiger partial charge in [0.15, 0.2) is 0 Å². The number of anilines is 3. The van der Waals surface area contributed by atoms with Crippen molar-refractivity contribution < 1.29 is 4.42 Å². The summed E-state index contributed by atoms with van der Waals surface area (Å²) in [6.45, 7) is 0. The Morgan fingerprint density at radius 3 is 1.73 bits per heavy atom. The summed E-state index contributed by atoms with van der Waals surface area (Å²) in [5.74, 6) is 0. The van der Waals surface area contributed by atoms with Gasteiger partial charge in [0, 0.05) is 22.2 Å². The van der Waals surface area contributed by atoms with Crippen molar-refractivity contribution in [3.05, 3.63) is 237 Å². The molecule has 0 amide bonds. The average Bonchev–Trinajstić information content (AvgIpc) is 3.75. The standard InChI is InChI=1S/C60H39NO/c1-2-17-42(18-3-1)47-21-8-9-24-50(47)52-26-12-14-28-56(52)61(46-34-32-41(33-35-46)44-31-30-40-16-4-5-19-43(40)38-44)57-37-36-53(60-59(57)54-27-13-15-29-58(54)62-60)55-39-45-20-6-7-22-48(45)49-23-10-11-25-51(49)55/h1-39H. The van der Waals surface area contributed by atoms with Crippen molar-refractivity contribution in [3.8, 4) is 44.5 Å². The molecule has 0 radical (unpaired) electrons. The lowest BCUT2D eigenvalue weighted by molar-refractivity contribution is 0.670. The lowest BCUT2D eigenvalue weighted by Gasteiger charge is -2.29. The number of rotatable bonds is 7. The van der Waals surface area contributed by atoms with E-state index >= 15 is 0 Å². The van der Waals surface area contributed by atoms with Crippen molar-refractivity contribution in [1.29, 1.82) is 0 Å². The minimum absolute atomic E-state index is 0.857. The Balaban J connectivity index is 1.12. The van der Waals surface area contributed by atoms with E-state index in [2.05, 4.69) is 241 Å².